The lowest BCUT2D eigenvalue weighted by atomic mass is 10.3. The van der Waals surface area contributed by atoms with E-state index in [1.165, 1.54) is 0 Å². The van der Waals surface area contributed by atoms with E-state index >= 15 is 0 Å². The topological polar surface area (TPSA) is 38.7 Å². The average Bonchev–Trinajstić information content (AvgIpc) is 2.04. The van der Waals surface area contributed by atoms with Gasteiger partial charge in [0.05, 0.1) is 10.9 Å². The van der Waals surface area contributed by atoms with Gasteiger partial charge in [0.25, 0.3) is 0 Å². The predicted octanol–water partition coefficient (Wildman–Crippen LogP) is 2.33. The minimum atomic E-state index is 0.213. The summed E-state index contributed by atoms with van der Waals surface area (Å²) in [6.07, 6.45) is 3.13. The molecule has 0 amide bonds. The van der Waals surface area contributed by atoms with Gasteiger partial charge >= 0.3 is 0 Å². The van der Waals surface area contributed by atoms with Crippen LogP contribution in [-0.4, -0.2) is 15.0 Å². The van der Waals surface area contributed by atoms with Crippen molar-refractivity contribution in [2.75, 3.05) is 0 Å². The third kappa shape index (κ3) is 1.21. The molecule has 0 saturated carbocycles. The molecule has 0 atom stereocenters. The van der Waals surface area contributed by atoms with Crippen molar-refractivity contribution in [2.45, 2.75) is 0 Å². The van der Waals surface area contributed by atoms with Crippen LogP contribution < -0.4 is 0 Å². The van der Waals surface area contributed by atoms with Crippen LogP contribution in [0.4, 0.5) is 0 Å². The molecule has 0 radical (unpaired) electrons. The largest absolute Gasteiger partial charge is 0.244 e. The van der Waals surface area contributed by atoms with Gasteiger partial charge in [-0.1, -0.05) is 11.6 Å². The zero-order chi connectivity index (χ0) is 8.55. The third-order valence-electron chi connectivity index (χ3n) is 1.43. The van der Waals surface area contributed by atoms with Crippen molar-refractivity contribution < 1.29 is 0 Å². The molecule has 3 nitrogen and oxygen atoms in total. The number of fused-ring (bicyclic) bond motifs is 1. The summed E-state index contributed by atoms with van der Waals surface area (Å²) in [5.41, 5.74) is 0.704. The van der Waals surface area contributed by atoms with Crippen LogP contribution in [0.5, 0.6) is 0 Å². The molecule has 2 aromatic heterocycles. The molecule has 0 aromatic carbocycles. The van der Waals surface area contributed by atoms with Gasteiger partial charge < -0.3 is 0 Å². The lowest BCUT2D eigenvalue weighted by molar-refractivity contribution is 1.21. The van der Waals surface area contributed by atoms with E-state index in [1.54, 1.807) is 18.5 Å². The minimum absolute atomic E-state index is 0.213. The molecule has 0 fully saturated rings. The molecular weight excluding hydrogens is 197 g/mol. The van der Waals surface area contributed by atoms with Crippen LogP contribution in [0.2, 0.25) is 10.4 Å². The zero-order valence-electron chi connectivity index (χ0n) is 5.83. The Morgan fingerprint density at radius 2 is 2.00 bits per heavy atom. The van der Waals surface area contributed by atoms with E-state index in [-0.39, 0.29) is 5.28 Å². The molecule has 12 heavy (non-hydrogen) atoms. The molecule has 2 aromatic rings. The standard InChI is InChI=1S/C7H3Cl2N3/c8-6-4-3-11-7(9)12-5(4)1-2-10-6/h1-3H. The molecule has 0 spiro atoms. The first-order valence-corrected chi connectivity index (χ1v) is 3.96. The van der Waals surface area contributed by atoms with Gasteiger partial charge in [0.1, 0.15) is 5.15 Å². The molecule has 2 heterocycles. The van der Waals surface area contributed by atoms with Crippen molar-refractivity contribution in [1.29, 1.82) is 0 Å². The van der Waals surface area contributed by atoms with Gasteiger partial charge in [-0.25, -0.2) is 15.0 Å². The average molecular weight is 200 g/mol. The van der Waals surface area contributed by atoms with Crippen LogP contribution in [0.1, 0.15) is 0 Å². The van der Waals surface area contributed by atoms with Gasteiger partial charge in [-0.05, 0) is 17.7 Å². The molecule has 0 aliphatic heterocycles. The number of aromatic nitrogens is 3. The Hall–Kier alpha value is -0.930. The van der Waals surface area contributed by atoms with Gasteiger partial charge in [-0.15, -0.1) is 0 Å². The number of hydrogen-bond acceptors (Lipinski definition) is 3. The van der Waals surface area contributed by atoms with Gasteiger partial charge in [-0.2, -0.15) is 0 Å². The van der Waals surface area contributed by atoms with Crippen LogP contribution >= 0.6 is 23.2 Å². The van der Waals surface area contributed by atoms with E-state index in [1.807, 2.05) is 0 Å². The molecule has 60 valence electrons. The maximum Gasteiger partial charge on any atom is 0.222 e. The van der Waals surface area contributed by atoms with Gasteiger partial charge in [0.2, 0.25) is 5.28 Å². The number of hydrogen-bond donors (Lipinski definition) is 0. The lowest BCUT2D eigenvalue weighted by Gasteiger charge is -1.96. The maximum absolute atomic E-state index is 5.78. The first-order chi connectivity index (χ1) is 5.77. The highest BCUT2D eigenvalue weighted by Crippen LogP contribution is 2.18. The van der Waals surface area contributed by atoms with E-state index < -0.39 is 0 Å². The molecule has 0 bridgehead atoms. The number of rotatable bonds is 0. The second kappa shape index (κ2) is 2.84. The molecule has 0 saturated heterocycles. The second-order valence-electron chi connectivity index (χ2n) is 2.17. The second-order valence-corrected chi connectivity index (χ2v) is 2.87. The molecule has 5 heteroatoms. The highest BCUT2D eigenvalue weighted by molar-refractivity contribution is 6.34. The van der Waals surface area contributed by atoms with Crippen LogP contribution in [0.25, 0.3) is 10.9 Å². The van der Waals surface area contributed by atoms with Crippen LogP contribution in [0.3, 0.4) is 0 Å². The summed E-state index contributed by atoms with van der Waals surface area (Å²) in [7, 11) is 0. The quantitative estimate of drug-likeness (QED) is 0.483. The normalized spacial score (nSPS) is 10.5. The summed E-state index contributed by atoms with van der Waals surface area (Å²) < 4.78 is 0. The van der Waals surface area contributed by atoms with Crippen molar-refractivity contribution in [3.05, 3.63) is 28.9 Å². The van der Waals surface area contributed by atoms with E-state index in [0.717, 1.165) is 0 Å². The van der Waals surface area contributed by atoms with E-state index in [2.05, 4.69) is 15.0 Å². The van der Waals surface area contributed by atoms with Gasteiger partial charge in [-0.3, -0.25) is 0 Å². The predicted molar refractivity (Wildman–Crippen MR) is 47.4 cm³/mol. The number of nitrogens with zero attached hydrogens (tertiary/aromatic N) is 3. The first-order valence-electron chi connectivity index (χ1n) is 3.20. The SMILES string of the molecule is Clc1ncc2c(Cl)nccc2n1. The Kier molecular flexibility index (Phi) is 1.83. The summed E-state index contributed by atoms with van der Waals surface area (Å²) in [5.74, 6) is 0. The fourth-order valence-corrected chi connectivity index (χ4v) is 1.24. The van der Waals surface area contributed by atoms with Gasteiger partial charge in [0, 0.05) is 12.4 Å². The van der Waals surface area contributed by atoms with Crippen molar-refractivity contribution in [2.24, 2.45) is 0 Å². The molecule has 0 aliphatic carbocycles. The van der Waals surface area contributed by atoms with Crippen molar-refractivity contribution >= 4 is 34.1 Å². The van der Waals surface area contributed by atoms with E-state index in [0.29, 0.717) is 16.1 Å². The highest BCUT2D eigenvalue weighted by atomic mass is 35.5. The fourth-order valence-electron chi connectivity index (χ4n) is 0.901. The molecule has 0 N–H and O–H groups in total. The number of halogens is 2. The Morgan fingerprint density at radius 3 is 2.83 bits per heavy atom. The van der Waals surface area contributed by atoms with Crippen molar-refractivity contribution in [3.63, 3.8) is 0 Å². The Morgan fingerprint density at radius 1 is 1.17 bits per heavy atom. The summed E-state index contributed by atoms with van der Waals surface area (Å²) in [4.78, 5) is 11.6. The monoisotopic (exact) mass is 199 g/mol. The van der Waals surface area contributed by atoms with Crippen LogP contribution in [-0.2, 0) is 0 Å². The summed E-state index contributed by atoms with van der Waals surface area (Å²) in [5, 5.41) is 1.32. The summed E-state index contributed by atoms with van der Waals surface area (Å²) in [6, 6.07) is 1.73. The van der Waals surface area contributed by atoms with E-state index in [4.69, 9.17) is 23.2 Å². The van der Waals surface area contributed by atoms with Crippen molar-refractivity contribution in [3.8, 4) is 0 Å². The van der Waals surface area contributed by atoms with Crippen molar-refractivity contribution in [1.82, 2.24) is 15.0 Å². The third-order valence-corrected chi connectivity index (χ3v) is 1.91. The first kappa shape index (κ1) is 7.71. The zero-order valence-corrected chi connectivity index (χ0v) is 7.34. The molecule has 0 aliphatic rings. The Bertz CT molecular complexity index is 430. The highest BCUT2D eigenvalue weighted by Gasteiger charge is 2.01. The molecule has 0 unspecified atom stereocenters. The Labute approximate surface area is 78.4 Å². The molecule has 2 rings (SSSR count). The van der Waals surface area contributed by atoms with Gasteiger partial charge in [0.15, 0.2) is 0 Å². The van der Waals surface area contributed by atoms with Crippen LogP contribution in [0, 0.1) is 0 Å². The van der Waals surface area contributed by atoms with Crippen LogP contribution in [0.15, 0.2) is 18.5 Å². The maximum atomic E-state index is 5.78. The van der Waals surface area contributed by atoms with E-state index in [9.17, 15) is 0 Å². The Balaban J connectivity index is 2.86. The molecular formula is C7H3Cl2N3. The fraction of sp³-hybridized carbons (Fsp3) is 0. The minimum Gasteiger partial charge on any atom is -0.244 e. The number of pyridine rings is 1. The summed E-state index contributed by atoms with van der Waals surface area (Å²) >= 11 is 11.4. The smallest absolute Gasteiger partial charge is 0.222 e. The summed E-state index contributed by atoms with van der Waals surface area (Å²) in [6.45, 7) is 0. The lowest BCUT2D eigenvalue weighted by Crippen LogP contribution is -1.85.